The molecule has 0 saturated heterocycles. The molecule has 0 atom stereocenters. The lowest BCUT2D eigenvalue weighted by atomic mass is 9.52. The van der Waals surface area contributed by atoms with Crippen molar-refractivity contribution < 1.29 is 0 Å². The van der Waals surface area contributed by atoms with Crippen LogP contribution in [0.1, 0.15) is 84.4 Å². The molecule has 2 rings (SSSR count). The van der Waals surface area contributed by atoms with E-state index in [1.54, 1.807) is 0 Å². The molecule has 0 aromatic heterocycles. The normalized spacial score (nSPS) is 19.8. The fourth-order valence-electron chi connectivity index (χ4n) is 4.00. The summed E-state index contributed by atoms with van der Waals surface area (Å²) in [5, 5.41) is 0. The van der Waals surface area contributed by atoms with Crippen molar-refractivity contribution in [3.8, 4) is 0 Å². The first-order valence-electron chi connectivity index (χ1n) is 8.38. The molecule has 0 unspecified atom stereocenters. The van der Waals surface area contributed by atoms with Crippen LogP contribution in [0.3, 0.4) is 0 Å². The fraction of sp³-hybridized carbons (Fsp3) is 0.684. The SMILES string of the molecule is [B]c1c([B])c2c(c([B])c1C(C)(C)CC)C(C)(C)CCC2(C)C. The average molecular weight is 288 g/mol. The van der Waals surface area contributed by atoms with Gasteiger partial charge < -0.3 is 0 Å². The molecule has 1 aliphatic rings. The predicted octanol–water partition coefficient (Wildman–Crippen LogP) is 2.10. The maximum atomic E-state index is 6.70. The van der Waals surface area contributed by atoms with Gasteiger partial charge in [-0.2, -0.15) is 0 Å². The molecule has 0 saturated carbocycles. The summed E-state index contributed by atoms with van der Waals surface area (Å²) in [6.45, 7) is 15.6. The number of fused-ring (bicyclic) bond motifs is 1. The molecular weight excluding hydrogens is 261 g/mol. The Morgan fingerprint density at radius 2 is 1.23 bits per heavy atom. The topological polar surface area (TPSA) is 0 Å². The molecule has 0 N–H and O–H groups in total. The highest BCUT2D eigenvalue weighted by atomic mass is 14.4. The molecule has 0 nitrogen and oxygen atoms in total. The summed E-state index contributed by atoms with van der Waals surface area (Å²) in [6.07, 6.45) is 3.20. The van der Waals surface area contributed by atoms with Gasteiger partial charge in [-0.05, 0) is 46.6 Å². The molecule has 6 radical (unpaired) electrons. The van der Waals surface area contributed by atoms with E-state index in [4.69, 9.17) is 23.5 Å². The van der Waals surface area contributed by atoms with E-state index in [2.05, 4.69) is 48.5 Å². The Labute approximate surface area is 141 Å². The van der Waals surface area contributed by atoms with Crippen molar-refractivity contribution >= 4 is 39.9 Å². The second-order valence-corrected chi connectivity index (χ2v) is 8.87. The summed E-state index contributed by atoms with van der Waals surface area (Å²) in [4.78, 5) is 0. The van der Waals surface area contributed by atoms with E-state index in [0.717, 1.165) is 35.8 Å². The van der Waals surface area contributed by atoms with Gasteiger partial charge in [0.25, 0.3) is 0 Å². The van der Waals surface area contributed by atoms with Crippen LogP contribution in [-0.4, -0.2) is 23.5 Å². The first-order chi connectivity index (χ1) is 9.87. The van der Waals surface area contributed by atoms with E-state index in [0.29, 0.717) is 5.46 Å². The fourth-order valence-corrected chi connectivity index (χ4v) is 4.00. The van der Waals surface area contributed by atoms with Crippen LogP contribution in [0, 0.1) is 0 Å². The van der Waals surface area contributed by atoms with E-state index < -0.39 is 0 Å². The number of hydrogen-bond acceptors (Lipinski definition) is 0. The zero-order valence-corrected chi connectivity index (χ0v) is 15.4. The highest BCUT2D eigenvalue weighted by Gasteiger charge is 2.41. The quantitative estimate of drug-likeness (QED) is 0.731. The summed E-state index contributed by atoms with van der Waals surface area (Å²) >= 11 is 0. The molecule has 3 heteroatoms. The van der Waals surface area contributed by atoms with Crippen LogP contribution < -0.4 is 16.4 Å². The molecule has 0 spiro atoms. The van der Waals surface area contributed by atoms with E-state index in [1.807, 2.05) is 0 Å². The minimum absolute atomic E-state index is 0.0199. The van der Waals surface area contributed by atoms with Gasteiger partial charge in [0.05, 0.1) is 0 Å². The largest absolute Gasteiger partial charge is 0.114 e. The lowest BCUT2D eigenvalue weighted by Gasteiger charge is -2.47. The standard InChI is InChI=1S/C19H27B3/c1-8-17(2,3)13-14(20)11-12(15(21)16(13)22)19(6,7)10-9-18(11,4)5/h8-10H2,1-7H3. The van der Waals surface area contributed by atoms with Gasteiger partial charge in [-0.1, -0.05) is 65.0 Å². The van der Waals surface area contributed by atoms with Crippen LogP contribution in [0.5, 0.6) is 0 Å². The molecule has 0 aliphatic heterocycles. The average Bonchev–Trinajstić information content (AvgIpc) is 2.39. The van der Waals surface area contributed by atoms with Gasteiger partial charge in [0.1, 0.15) is 23.5 Å². The lowest BCUT2D eigenvalue weighted by molar-refractivity contribution is 0.335. The number of benzene rings is 1. The van der Waals surface area contributed by atoms with E-state index in [9.17, 15) is 0 Å². The van der Waals surface area contributed by atoms with Gasteiger partial charge in [0.15, 0.2) is 0 Å². The third-order valence-electron chi connectivity index (χ3n) is 5.91. The predicted molar refractivity (Wildman–Crippen MR) is 101 cm³/mol. The van der Waals surface area contributed by atoms with Gasteiger partial charge in [-0.3, -0.25) is 0 Å². The Morgan fingerprint density at radius 3 is 1.64 bits per heavy atom. The van der Waals surface area contributed by atoms with Crippen molar-refractivity contribution in [2.45, 2.75) is 84.0 Å². The summed E-state index contributed by atoms with van der Waals surface area (Å²) in [5.74, 6) is 0. The molecule has 0 fully saturated rings. The van der Waals surface area contributed by atoms with Crippen molar-refractivity contribution in [3.05, 3.63) is 16.7 Å². The minimum Gasteiger partial charge on any atom is -0.100 e. The summed E-state index contributed by atoms with van der Waals surface area (Å²) < 4.78 is 0. The van der Waals surface area contributed by atoms with Crippen molar-refractivity contribution in [2.75, 3.05) is 0 Å². The third kappa shape index (κ3) is 2.49. The van der Waals surface area contributed by atoms with Gasteiger partial charge >= 0.3 is 0 Å². The highest BCUT2D eigenvalue weighted by molar-refractivity contribution is 6.52. The van der Waals surface area contributed by atoms with Gasteiger partial charge in [0.2, 0.25) is 0 Å². The zero-order chi connectivity index (χ0) is 17.1. The summed E-state index contributed by atoms with van der Waals surface area (Å²) in [6, 6.07) is 0. The minimum atomic E-state index is -0.0744. The van der Waals surface area contributed by atoms with Crippen LogP contribution in [0.2, 0.25) is 0 Å². The Morgan fingerprint density at radius 1 is 0.818 bits per heavy atom. The Balaban J connectivity index is 2.95. The molecular formula is C19H27B3. The second kappa shape index (κ2) is 5.21. The van der Waals surface area contributed by atoms with Gasteiger partial charge in [-0.15, -0.1) is 5.46 Å². The molecule has 1 aromatic carbocycles. The Bertz CT molecular complexity index is 610. The van der Waals surface area contributed by atoms with Crippen molar-refractivity contribution in [1.82, 2.24) is 0 Å². The van der Waals surface area contributed by atoms with Crippen LogP contribution >= 0.6 is 0 Å². The van der Waals surface area contributed by atoms with Crippen molar-refractivity contribution in [2.24, 2.45) is 0 Å². The maximum Gasteiger partial charge on any atom is 0.114 e. The van der Waals surface area contributed by atoms with Crippen molar-refractivity contribution in [3.63, 3.8) is 0 Å². The first-order valence-corrected chi connectivity index (χ1v) is 8.38. The van der Waals surface area contributed by atoms with E-state index >= 15 is 0 Å². The van der Waals surface area contributed by atoms with Crippen LogP contribution in [0.15, 0.2) is 0 Å². The maximum absolute atomic E-state index is 6.70. The monoisotopic (exact) mass is 288 g/mol. The molecule has 0 amide bonds. The van der Waals surface area contributed by atoms with Crippen LogP contribution in [0.25, 0.3) is 0 Å². The molecule has 1 aliphatic carbocycles. The van der Waals surface area contributed by atoms with E-state index in [-0.39, 0.29) is 16.2 Å². The zero-order valence-electron chi connectivity index (χ0n) is 15.4. The molecule has 22 heavy (non-hydrogen) atoms. The highest BCUT2D eigenvalue weighted by Crippen LogP contribution is 2.44. The van der Waals surface area contributed by atoms with E-state index in [1.165, 1.54) is 11.1 Å². The molecule has 0 heterocycles. The first kappa shape index (κ1) is 17.8. The molecule has 112 valence electrons. The lowest BCUT2D eigenvalue weighted by Crippen LogP contribution is -2.52. The van der Waals surface area contributed by atoms with Gasteiger partial charge in [-0.25, -0.2) is 0 Å². The van der Waals surface area contributed by atoms with Crippen molar-refractivity contribution in [1.29, 1.82) is 0 Å². The van der Waals surface area contributed by atoms with Crippen LogP contribution in [-0.2, 0) is 16.2 Å². The summed E-state index contributed by atoms with van der Waals surface area (Å²) in [7, 11) is 19.7. The van der Waals surface area contributed by atoms with Gasteiger partial charge in [0, 0.05) is 0 Å². The Kier molecular flexibility index (Phi) is 4.21. The smallest absolute Gasteiger partial charge is 0.100 e. The molecule has 0 bridgehead atoms. The number of hydrogen-bond donors (Lipinski definition) is 0. The number of rotatable bonds is 2. The second-order valence-electron chi connectivity index (χ2n) is 8.87. The Hall–Kier alpha value is -0.585. The third-order valence-corrected chi connectivity index (χ3v) is 5.91. The molecule has 1 aromatic rings. The summed E-state index contributed by atoms with van der Waals surface area (Å²) in [5.41, 5.74) is 5.73. The van der Waals surface area contributed by atoms with Crippen LogP contribution in [0.4, 0.5) is 0 Å².